The van der Waals surface area contributed by atoms with Crippen molar-refractivity contribution in [3.63, 3.8) is 0 Å². The average molecular weight is 332 g/mol. The van der Waals surface area contributed by atoms with Gasteiger partial charge in [-0.1, -0.05) is 0 Å². The number of hydrogen-bond donors (Lipinski definition) is 1. The highest BCUT2D eigenvalue weighted by Crippen LogP contribution is 2.42. The van der Waals surface area contributed by atoms with E-state index in [0.717, 1.165) is 19.3 Å². The lowest BCUT2D eigenvalue weighted by atomic mass is 9.89. The monoisotopic (exact) mass is 332 g/mol. The highest BCUT2D eigenvalue weighted by molar-refractivity contribution is 5.95. The van der Waals surface area contributed by atoms with E-state index in [1.165, 1.54) is 0 Å². The molecule has 1 N–H and O–H groups in total. The standard InChI is InChI=1S/C17H20N2O5/c20-16(19-11-1-2-14(19)13(8-11)17(21)22)10-3-5-18-15(7-10)24-12-4-6-23-9-12/h3,5,7,11-14H,1-2,4,6,8-9H2,(H,21,22)/t11-,12?,13-,14+/m1/s1. The van der Waals surface area contributed by atoms with Gasteiger partial charge >= 0.3 is 5.97 Å². The maximum Gasteiger partial charge on any atom is 0.308 e. The number of hydrogen-bond acceptors (Lipinski definition) is 5. The fourth-order valence-corrected chi connectivity index (χ4v) is 4.10. The van der Waals surface area contributed by atoms with Crippen molar-refractivity contribution in [2.75, 3.05) is 13.2 Å². The highest BCUT2D eigenvalue weighted by atomic mass is 16.5. The number of aliphatic carboxylic acids is 1. The Morgan fingerprint density at radius 2 is 2.21 bits per heavy atom. The zero-order valence-corrected chi connectivity index (χ0v) is 13.3. The smallest absolute Gasteiger partial charge is 0.308 e. The lowest BCUT2D eigenvalue weighted by Crippen LogP contribution is -2.37. The highest BCUT2D eigenvalue weighted by Gasteiger charge is 2.51. The van der Waals surface area contributed by atoms with E-state index in [9.17, 15) is 14.7 Å². The number of pyridine rings is 1. The second kappa shape index (κ2) is 6.05. The summed E-state index contributed by atoms with van der Waals surface area (Å²) in [5, 5.41) is 9.33. The zero-order chi connectivity index (χ0) is 16.7. The first kappa shape index (κ1) is 15.4. The Balaban J connectivity index is 1.51. The lowest BCUT2D eigenvalue weighted by Gasteiger charge is -2.23. The molecule has 24 heavy (non-hydrogen) atoms. The number of ether oxygens (including phenoxy) is 2. The lowest BCUT2D eigenvalue weighted by molar-refractivity contribution is -0.142. The molecule has 7 heteroatoms. The minimum atomic E-state index is -0.806. The molecule has 0 aliphatic carbocycles. The number of fused-ring (bicyclic) bond motifs is 2. The molecule has 0 spiro atoms. The van der Waals surface area contributed by atoms with Gasteiger partial charge in [0.05, 0.1) is 19.1 Å². The molecular weight excluding hydrogens is 312 g/mol. The van der Waals surface area contributed by atoms with Gasteiger partial charge in [-0.15, -0.1) is 0 Å². The molecule has 3 aliphatic rings. The molecule has 4 rings (SSSR count). The second-order valence-electron chi connectivity index (χ2n) is 6.68. The van der Waals surface area contributed by atoms with Crippen LogP contribution < -0.4 is 4.74 Å². The van der Waals surface area contributed by atoms with Crippen LogP contribution in [0.25, 0.3) is 0 Å². The Bertz CT molecular complexity index is 658. The van der Waals surface area contributed by atoms with Crippen molar-refractivity contribution in [2.24, 2.45) is 5.92 Å². The van der Waals surface area contributed by atoms with Crippen LogP contribution in [0.2, 0.25) is 0 Å². The number of carbonyl (C=O) groups is 2. The van der Waals surface area contributed by atoms with Gasteiger partial charge in [0.25, 0.3) is 5.91 Å². The zero-order valence-electron chi connectivity index (χ0n) is 13.3. The van der Waals surface area contributed by atoms with Crippen LogP contribution in [0, 0.1) is 5.92 Å². The summed E-state index contributed by atoms with van der Waals surface area (Å²) >= 11 is 0. The van der Waals surface area contributed by atoms with E-state index in [0.29, 0.717) is 31.1 Å². The summed E-state index contributed by atoms with van der Waals surface area (Å²) < 4.78 is 11.0. The Morgan fingerprint density at radius 1 is 1.33 bits per heavy atom. The number of carboxylic acid groups (broad SMARTS) is 1. The van der Waals surface area contributed by atoms with Crippen molar-refractivity contribution in [3.05, 3.63) is 23.9 Å². The van der Waals surface area contributed by atoms with E-state index in [2.05, 4.69) is 4.98 Å². The summed E-state index contributed by atoms with van der Waals surface area (Å²) in [6, 6.07) is 3.15. The molecular formula is C17H20N2O5. The number of carbonyl (C=O) groups excluding carboxylic acids is 1. The molecule has 2 bridgehead atoms. The molecule has 0 radical (unpaired) electrons. The maximum atomic E-state index is 12.9. The molecule has 1 aromatic rings. The van der Waals surface area contributed by atoms with Gasteiger partial charge in [0.2, 0.25) is 5.88 Å². The summed E-state index contributed by atoms with van der Waals surface area (Å²) in [5.74, 6) is -0.959. The maximum absolute atomic E-state index is 12.9. The Kier molecular flexibility index (Phi) is 3.88. The Morgan fingerprint density at radius 3 is 2.92 bits per heavy atom. The SMILES string of the molecule is O=C(O)[C@@H]1C[C@H]2CC[C@@H]1N2C(=O)c1ccnc(OC2CCOC2)c1. The molecule has 3 aliphatic heterocycles. The van der Waals surface area contributed by atoms with Gasteiger partial charge in [-0.25, -0.2) is 4.98 Å². The van der Waals surface area contributed by atoms with Crippen molar-refractivity contribution in [1.29, 1.82) is 0 Å². The quantitative estimate of drug-likeness (QED) is 0.895. The van der Waals surface area contributed by atoms with Gasteiger partial charge < -0.3 is 19.5 Å². The van der Waals surface area contributed by atoms with Gasteiger partial charge in [0, 0.05) is 36.3 Å². The molecule has 4 heterocycles. The first-order valence-corrected chi connectivity index (χ1v) is 8.39. The third-order valence-corrected chi connectivity index (χ3v) is 5.25. The van der Waals surface area contributed by atoms with Gasteiger partial charge in [0.1, 0.15) is 6.10 Å². The predicted molar refractivity (Wildman–Crippen MR) is 82.8 cm³/mol. The Labute approximate surface area is 139 Å². The van der Waals surface area contributed by atoms with Crippen molar-refractivity contribution < 1.29 is 24.2 Å². The molecule has 3 fully saturated rings. The summed E-state index contributed by atoms with van der Waals surface area (Å²) in [6.45, 7) is 1.22. The van der Waals surface area contributed by atoms with E-state index in [1.54, 1.807) is 23.2 Å². The van der Waals surface area contributed by atoms with E-state index in [1.807, 2.05) is 0 Å². The third-order valence-electron chi connectivity index (χ3n) is 5.25. The number of nitrogens with zero attached hydrogens (tertiary/aromatic N) is 2. The van der Waals surface area contributed by atoms with Crippen LogP contribution in [0.4, 0.5) is 0 Å². The summed E-state index contributed by atoms with van der Waals surface area (Å²) in [4.78, 5) is 30.2. The van der Waals surface area contributed by atoms with Crippen LogP contribution in [0.3, 0.4) is 0 Å². The topological polar surface area (TPSA) is 89.0 Å². The number of rotatable bonds is 4. The molecule has 7 nitrogen and oxygen atoms in total. The summed E-state index contributed by atoms with van der Waals surface area (Å²) in [5.41, 5.74) is 0.502. The van der Waals surface area contributed by atoms with Gasteiger partial charge in [-0.05, 0) is 25.3 Å². The minimum Gasteiger partial charge on any atom is -0.481 e. The van der Waals surface area contributed by atoms with Crippen LogP contribution in [-0.4, -0.2) is 58.3 Å². The van der Waals surface area contributed by atoms with Gasteiger partial charge in [-0.2, -0.15) is 0 Å². The van der Waals surface area contributed by atoms with Crippen molar-refractivity contribution in [3.8, 4) is 5.88 Å². The van der Waals surface area contributed by atoms with Crippen LogP contribution in [0.1, 0.15) is 36.0 Å². The Hall–Kier alpha value is -2.15. The van der Waals surface area contributed by atoms with Gasteiger partial charge in [0.15, 0.2) is 0 Å². The largest absolute Gasteiger partial charge is 0.481 e. The van der Waals surface area contributed by atoms with E-state index in [-0.39, 0.29) is 24.1 Å². The van der Waals surface area contributed by atoms with Crippen molar-refractivity contribution in [1.82, 2.24) is 9.88 Å². The molecule has 1 amide bonds. The average Bonchev–Trinajstić information content (AvgIpc) is 3.30. The summed E-state index contributed by atoms with van der Waals surface area (Å²) in [7, 11) is 0. The number of aromatic nitrogens is 1. The minimum absolute atomic E-state index is 0.0257. The number of amides is 1. The molecule has 3 saturated heterocycles. The second-order valence-corrected chi connectivity index (χ2v) is 6.68. The molecule has 1 aromatic heterocycles. The van der Waals surface area contributed by atoms with E-state index in [4.69, 9.17) is 9.47 Å². The first-order chi connectivity index (χ1) is 11.6. The normalized spacial score (nSPS) is 31.4. The molecule has 0 aromatic carbocycles. The van der Waals surface area contributed by atoms with Gasteiger partial charge in [-0.3, -0.25) is 9.59 Å². The fourth-order valence-electron chi connectivity index (χ4n) is 4.10. The first-order valence-electron chi connectivity index (χ1n) is 8.39. The molecule has 1 unspecified atom stereocenters. The van der Waals surface area contributed by atoms with E-state index < -0.39 is 11.9 Å². The van der Waals surface area contributed by atoms with Crippen molar-refractivity contribution in [2.45, 2.75) is 43.9 Å². The summed E-state index contributed by atoms with van der Waals surface area (Å²) in [6.07, 6.45) is 4.55. The predicted octanol–water partition coefficient (Wildman–Crippen LogP) is 1.33. The van der Waals surface area contributed by atoms with Crippen LogP contribution in [-0.2, 0) is 9.53 Å². The number of carboxylic acids is 1. The third kappa shape index (κ3) is 2.62. The molecule has 0 saturated carbocycles. The molecule has 4 atom stereocenters. The molecule has 128 valence electrons. The van der Waals surface area contributed by atoms with Crippen LogP contribution in [0.15, 0.2) is 18.3 Å². The van der Waals surface area contributed by atoms with Crippen LogP contribution >= 0.6 is 0 Å². The fraction of sp³-hybridized carbons (Fsp3) is 0.588. The van der Waals surface area contributed by atoms with E-state index >= 15 is 0 Å². The van der Waals surface area contributed by atoms with Crippen molar-refractivity contribution >= 4 is 11.9 Å². The van der Waals surface area contributed by atoms with Crippen LogP contribution in [0.5, 0.6) is 5.88 Å².